The van der Waals surface area contributed by atoms with Crippen LogP contribution >= 0.6 is 0 Å². The van der Waals surface area contributed by atoms with Gasteiger partial charge in [0.1, 0.15) is 6.61 Å². The van der Waals surface area contributed by atoms with E-state index in [1.54, 1.807) is 28.1 Å². The molecular weight excluding hydrogens is 684 g/mol. The van der Waals surface area contributed by atoms with E-state index in [4.69, 9.17) is 29.4 Å². The largest absolute Gasteiger partial charge is 0.493 e. The van der Waals surface area contributed by atoms with Gasteiger partial charge in [-0.05, 0) is 80.7 Å². The first-order valence-electron chi connectivity index (χ1n) is 18.2. The van der Waals surface area contributed by atoms with Crippen LogP contribution in [0.2, 0.25) is 0 Å². The van der Waals surface area contributed by atoms with Crippen molar-refractivity contribution in [3.63, 3.8) is 0 Å². The number of carboxylic acid groups (broad SMARTS) is 1. The molecule has 14 heteroatoms. The molecule has 294 valence electrons. The highest BCUT2D eigenvalue weighted by atomic mass is 16.6. The number of aromatic nitrogens is 1. The molecule has 1 unspecified atom stereocenters. The highest BCUT2D eigenvalue weighted by molar-refractivity contribution is 5.89. The number of esters is 1. The van der Waals surface area contributed by atoms with Gasteiger partial charge in [-0.3, -0.25) is 19.5 Å². The molecule has 5 atom stereocenters. The van der Waals surface area contributed by atoms with Crippen LogP contribution in [0.3, 0.4) is 0 Å². The first kappa shape index (κ1) is 43.0. The first-order valence-corrected chi connectivity index (χ1v) is 18.2. The van der Waals surface area contributed by atoms with Crippen LogP contribution in [0, 0.1) is 29.1 Å². The monoisotopic (exact) mass is 742 g/mol. The van der Waals surface area contributed by atoms with Crippen molar-refractivity contribution in [3.8, 4) is 11.5 Å². The van der Waals surface area contributed by atoms with Gasteiger partial charge in [-0.25, -0.2) is 9.59 Å². The van der Waals surface area contributed by atoms with Crippen LogP contribution in [0.15, 0.2) is 42.7 Å². The number of ether oxygens (including phenoxy) is 5. The fraction of sp³-hybridized carbons (Fsp3) is 0.615. The number of nitrogens with one attached hydrogen (secondary N) is 1. The van der Waals surface area contributed by atoms with Crippen molar-refractivity contribution in [2.45, 2.75) is 85.6 Å². The zero-order valence-electron chi connectivity index (χ0n) is 32.3. The predicted molar refractivity (Wildman–Crippen MR) is 197 cm³/mol. The fourth-order valence-electron chi connectivity index (χ4n) is 6.34. The Hall–Kier alpha value is -4.43. The van der Waals surface area contributed by atoms with E-state index < -0.39 is 47.7 Å². The molecule has 14 nitrogen and oxygen atoms in total. The predicted octanol–water partition coefficient (Wildman–Crippen LogP) is 4.93. The molecule has 1 fully saturated rings. The number of rotatable bonds is 21. The minimum absolute atomic E-state index is 0.0245. The number of primary amides is 1. The van der Waals surface area contributed by atoms with Crippen LogP contribution in [-0.4, -0.2) is 97.8 Å². The van der Waals surface area contributed by atoms with Crippen molar-refractivity contribution in [3.05, 3.63) is 53.9 Å². The topological polar surface area (TPSA) is 189 Å². The summed E-state index contributed by atoms with van der Waals surface area (Å²) in [5, 5.41) is 13.5. The molecule has 2 heterocycles. The zero-order valence-corrected chi connectivity index (χ0v) is 32.3. The van der Waals surface area contributed by atoms with Crippen LogP contribution in [0.4, 0.5) is 4.79 Å². The van der Waals surface area contributed by atoms with Crippen LogP contribution in [0.25, 0.3) is 0 Å². The van der Waals surface area contributed by atoms with E-state index >= 15 is 0 Å². The van der Waals surface area contributed by atoms with Gasteiger partial charge in [-0.1, -0.05) is 33.8 Å². The van der Waals surface area contributed by atoms with Gasteiger partial charge in [0.05, 0.1) is 36.8 Å². The van der Waals surface area contributed by atoms with Crippen LogP contribution in [-0.2, 0) is 30.2 Å². The second-order valence-corrected chi connectivity index (χ2v) is 14.9. The number of pyridine rings is 1. The molecule has 1 saturated heterocycles. The summed E-state index contributed by atoms with van der Waals surface area (Å²) in [6.45, 7) is 12.0. The van der Waals surface area contributed by atoms with Gasteiger partial charge in [-0.2, -0.15) is 0 Å². The lowest BCUT2D eigenvalue weighted by molar-refractivity contribution is -0.130. The Kier molecular flexibility index (Phi) is 16.3. The molecule has 4 N–H and O–H groups in total. The molecule has 3 amide bonds. The van der Waals surface area contributed by atoms with Crippen molar-refractivity contribution in [1.29, 1.82) is 0 Å². The summed E-state index contributed by atoms with van der Waals surface area (Å²) in [4.78, 5) is 56.6. The Bertz CT molecular complexity index is 1500. The third-order valence-corrected chi connectivity index (χ3v) is 9.89. The molecule has 1 aliphatic rings. The SMILES string of the molecule is COCCCOc1cc(C[C@@H](C[C@H]2[C@H](C[C@H](C(=O)NCC(C)(C)C(N)=O)C(C)C)OC(COC(=O)c3ccncc3)N2C(=O)O)C(C)C)ccc1OC. The van der Waals surface area contributed by atoms with Gasteiger partial charge in [0, 0.05) is 45.0 Å². The summed E-state index contributed by atoms with van der Waals surface area (Å²) in [5.41, 5.74) is 5.83. The molecule has 2 aromatic rings. The molecule has 0 spiro atoms. The maximum Gasteiger partial charge on any atom is 0.409 e. The normalized spacial score (nSPS) is 18.5. The summed E-state index contributed by atoms with van der Waals surface area (Å²) < 4.78 is 28.7. The van der Waals surface area contributed by atoms with Crippen molar-refractivity contribution in [2.24, 2.45) is 34.8 Å². The molecule has 1 aromatic carbocycles. The van der Waals surface area contributed by atoms with Crippen molar-refractivity contribution >= 4 is 23.9 Å². The smallest absolute Gasteiger partial charge is 0.409 e. The average Bonchev–Trinajstić information content (AvgIpc) is 3.46. The third-order valence-electron chi connectivity index (χ3n) is 9.89. The minimum Gasteiger partial charge on any atom is -0.493 e. The van der Waals surface area contributed by atoms with E-state index in [1.165, 1.54) is 29.4 Å². The van der Waals surface area contributed by atoms with E-state index in [9.17, 15) is 24.3 Å². The van der Waals surface area contributed by atoms with Gasteiger partial charge in [0.15, 0.2) is 17.7 Å². The maximum atomic E-state index is 13.6. The van der Waals surface area contributed by atoms with Crippen LogP contribution in [0.1, 0.15) is 76.7 Å². The Labute approximate surface area is 313 Å². The number of amides is 3. The number of carbonyl (C=O) groups is 4. The second-order valence-electron chi connectivity index (χ2n) is 14.9. The lowest BCUT2D eigenvalue weighted by atomic mass is 9.80. The average molecular weight is 743 g/mol. The van der Waals surface area contributed by atoms with Gasteiger partial charge >= 0.3 is 12.1 Å². The molecule has 0 radical (unpaired) electrons. The third kappa shape index (κ3) is 12.3. The molecule has 53 heavy (non-hydrogen) atoms. The Morgan fingerprint density at radius 3 is 2.28 bits per heavy atom. The van der Waals surface area contributed by atoms with Crippen molar-refractivity contribution < 1.29 is 48.0 Å². The number of methoxy groups -OCH3 is 2. The summed E-state index contributed by atoms with van der Waals surface area (Å²) in [5.74, 6) is -0.890. The quantitative estimate of drug-likeness (QED) is 0.116. The Morgan fingerprint density at radius 1 is 1.00 bits per heavy atom. The molecule has 1 aliphatic heterocycles. The van der Waals surface area contributed by atoms with Crippen molar-refractivity contribution in [2.75, 3.05) is 40.6 Å². The lowest BCUT2D eigenvalue weighted by Gasteiger charge is -2.33. The van der Waals surface area contributed by atoms with E-state index in [-0.39, 0.29) is 48.8 Å². The Balaban J connectivity index is 1.93. The number of benzene rings is 1. The van der Waals surface area contributed by atoms with Gasteiger partial charge < -0.3 is 39.8 Å². The number of nitrogens with two attached hydrogens (primary N) is 1. The molecule has 0 aliphatic carbocycles. The molecule has 0 bridgehead atoms. The fourth-order valence-corrected chi connectivity index (χ4v) is 6.34. The summed E-state index contributed by atoms with van der Waals surface area (Å²) >= 11 is 0. The molecule has 3 rings (SSSR count). The van der Waals surface area contributed by atoms with Crippen LogP contribution in [0.5, 0.6) is 11.5 Å². The van der Waals surface area contributed by atoms with Crippen LogP contribution < -0.4 is 20.5 Å². The standard InChI is InChI=1S/C39H58N4O10/c1-24(2)28(18-26-10-11-31(50-8)33(19-26)51-17-9-16-49-7)20-30-32(21-29(25(3)4)35(44)42-23-39(5,6)37(40)46)53-34(43(30)38(47)48)22-52-36(45)27-12-14-41-15-13-27/h10-15,19,24-25,28-30,32,34H,9,16-18,20-23H2,1-8H3,(H2,40,46)(H,42,44)(H,47,48)/t28-,29-,30-,32-,34?/m0/s1. The summed E-state index contributed by atoms with van der Waals surface area (Å²) in [7, 11) is 3.23. The highest BCUT2D eigenvalue weighted by Gasteiger charge is 2.48. The molecular formula is C39H58N4O10. The lowest BCUT2D eigenvalue weighted by Crippen LogP contribution is -2.47. The van der Waals surface area contributed by atoms with E-state index in [0.717, 1.165) is 5.56 Å². The highest BCUT2D eigenvalue weighted by Crippen LogP contribution is 2.37. The van der Waals surface area contributed by atoms with Gasteiger partial charge in [0.2, 0.25) is 11.8 Å². The van der Waals surface area contributed by atoms with Crippen molar-refractivity contribution in [1.82, 2.24) is 15.2 Å². The molecule has 1 aromatic heterocycles. The van der Waals surface area contributed by atoms with E-state index in [1.807, 2.05) is 32.0 Å². The minimum atomic E-state index is -1.23. The number of carbonyl (C=O) groups excluding carboxylic acids is 3. The zero-order chi connectivity index (χ0) is 39.3. The second kappa shape index (κ2) is 20.1. The summed E-state index contributed by atoms with van der Waals surface area (Å²) in [6, 6.07) is 8.12. The van der Waals surface area contributed by atoms with Gasteiger partial charge in [0.25, 0.3) is 0 Å². The Morgan fingerprint density at radius 2 is 1.70 bits per heavy atom. The number of nitrogens with zero attached hydrogens (tertiary/aromatic N) is 2. The number of hydrogen-bond acceptors (Lipinski definition) is 10. The van der Waals surface area contributed by atoms with E-state index in [0.29, 0.717) is 44.0 Å². The first-order chi connectivity index (χ1) is 25.1. The summed E-state index contributed by atoms with van der Waals surface area (Å²) in [6.07, 6.45) is 1.78. The van der Waals surface area contributed by atoms with Gasteiger partial charge in [-0.15, -0.1) is 0 Å². The number of hydrogen-bond donors (Lipinski definition) is 3. The molecule has 0 saturated carbocycles. The van der Waals surface area contributed by atoms with E-state index in [2.05, 4.69) is 24.1 Å². The maximum absolute atomic E-state index is 13.6.